The molecule has 0 bridgehead atoms. The number of hydrogen-bond donors (Lipinski definition) is 0. The molecule has 108 valence electrons. The third-order valence-corrected chi connectivity index (χ3v) is 3.30. The highest BCUT2D eigenvalue weighted by Crippen LogP contribution is 2.27. The van der Waals surface area contributed by atoms with Crippen LogP contribution < -0.4 is 0 Å². The summed E-state index contributed by atoms with van der Waals surface area (Å²) in [4.78, 5) is 38.4. The fraction of sp³-hybridized carbons (Fsp3) is 0.538. The minimum absolute atomic E-state index is 0.0985. The molecule has 1 aliphatic carbocycles. The molecule has 1 unspecified atom stereocenters. The largest absolute Gasteiger partial charge is 0.469 e. The van der Waals surface area contributed by atoms with E-state index in [1.165, 1.54) is 14.2 Å². The van der Waals surface area contributed by atoms with Gasteiger partial charge in [0, 0.05) is 12.3 Å². The molecule has 1 atom stereocenters. The highest BCUT2D eigenvalue weighted by molar-refractivity contribution is 5.97. The number of Topliss-reactive ketones (excluding diaryl/α,β-unsaturated/α-hetero) is 1. The number of carbonyl (C=O) groups excluding carboxylic acids is 3. The third kappa shape index (κ3) is 2.87. The summed E-state index contributed by atoms with van der Waals surface area (Å²) in [6.45, 7) is 0. The number of ether oxygens (including phenoxy) is 2. The summed E-state index contributed by atoms with van der Waals surface area (Å²) in [7, 11) is 2.49. The average Bonchev–Trinajstić information content (AvgIpc) is 2.88. The second-order valence-corrected chi connectivity index (χ2v) is 4.54. The predicted molar refractivity (Wildman–Crippen MR) is 65.0 cm³/mol. The van der Waals surface area contributed by atoms with Crippen molar-refractivity contribution in [3.8, 4) is 0 Å². The van der Waals surface area contributed by atoms with Gasteiger partial charge >= 0.3 is 17.8 Å². The fourth-order valence-corrected chi connectivity index (χ4v) is 2.18. The van der Waals surface area contributed by atoms with Crippen LogP contribution in [0.5, 0.6) is 0 Å². The summed E-state index contributed by atoms with van der Waals surface area (Å²) in [5.41, 5.74) is 0.674. The number of esters is 2. The molecule has 0 aliphatic heterocycles. The van der Waals surface area contributed by atoms with E-state index in [4.69, 9.17) is 4.42 Å². The van der Waals surface area contributed by atoms with Gasteiger partial charge in [-0.15, -0.1) is 0 Å². The molecule has 1 aliphatic rings. The zero-order valence-corrected chi connectivity index (χ0v) is 11.3. The molecule has 0 fully saturated rings. The maximum absolute atomic E-state index is 11.9. The van der Waals surface area contributed by atoms with Gasteiger partial charge in [0.15, 0.2) is 0 Å². The minimum atomic E-state index is -0.642. The smallest absolute Gasteiger partial charge is 0.394 e. The van der Waals surface area contributed by atoms with Crippen molar-refractivity contribution in [3.63, 3.8) is 0 Å². The number of rotatable bonds is 4. The number of oxazole rings is 1. The molecular weight excluding hydrogens is 266 g/mol. The molecule has 1 aromatic rings. The van der Waals surface area contributed by atoms with Crippen LogP contribution in [-0.2, 0) is 31.9 Å². The Morgan fingerprint density at radius 2 is 2.05 bits per heavy atom. The van der Waals surface area contributed by atoms with Crippen molar-refractivity contribution in [2.75, 3.05) is 14.2 Å². The lowest BCUT2D eigenvalue weighted by atomic mass is 9.86. The van der Waals surface area contributed by atoms with Crippen LogP contribution in [-0.4, -0.2) is 36.9 Å². The number of fused-ring (bicyclic) bond motifs is 1. The summed E-state index contributed by atoms with van der Waals surface area (Å²) in [6, 6.07) is 0. The third-order valence-electron chi connectivity index (χ3n) is 3.30. The summed E-state index contributed by atoms with van der Waals surface area (Å²) < 4.78 is 14.3. The molecule has 0 spiro atoms. The highest BCUT2D eigenvalue weighted by Gasteiger charge is 2.31. The van der Waals surface area contributed by atoms with E-state index in [1.54, 1.807) is 0 Å². The van der Waals surface area contributed by atoms with Crippen molar-refractivity contribution in [2.45, 2.75) is 25.7 Å². The number of ketones is 1. The molecule has 1 heterocycles. The molecule has 0 saturated heterocycles. The normalized spacial score (nSPS) is 17.2. The van der Waals surface area contributed by atoms with Gasteiger partial charge in [0.25, 0.3) is 0 Å². The SMILES string of the molecule is COC(=O)CC(=O)C1CCc2nc(C(=O)OC)oc2C1. The van der Waals surface area contributed by atoms with E-state index in [1.807, 2.05) is 0 Å². The number of nitrogens with zero attached hydrogens (tertiary/aromatic N) is 1. The number of hydrogen-bond acceptors (Lipinski definition) is 7. The van der Waals surface area contributed by atoms with Gasteiger partial charge in [0.2, 0.25) is 0 Å². The summed E-state index contributed by atoms with van der Waals surface area (Å²) in [5, 5.41) is 0. The molecule has 7 heteroatoms. The van der Waals surface area contributed by atoms with E-state index < -0.39 is 11.9 Å². The predicted octanol–water partition coefficient (Wildman–Crippen LogP) is 0.698. The minimum Gasteiger partial charge on any atom is -0.469 e. The molecule has 0 saturated carbocycles. The lowest BCUT2D eigenvalue weighted by Gasteiger charge is -2.18. The van der Waals surface area contributed by atoms with Gasteiger partial charge in [-0.1, -0.05) is 0 Å². The molecule has 1 aromatic heterocycles. The first-order valence-electron chi connectivity index (χ1n) is 6.21. The van der Waals surface area contributed by atoms with Crippen LogP contribution in [0, 0.1) is 5.92 Å². The topological polar surface area (TPSA) is 95.7 Å². The van der Waals surface area contributed by atoms with E-state index in [0.29, 0.717) is 30.7 Å². The summed E-state index contributed by atoms with van der Waals surface area (Å²) in [5.74, 6) is -1.26. The van der Waals surface area contributed by atoms with E-state index >= 15 is 0 Å². The van der Waals surface area contributed by atoms with Gasteiger partial charge in [-0.25, -0.2) is 9.78 Å². The standard InChI is InChI=1S/C13H15NO6/c1-18-11(16)6-9(15)7-3-4-8-10(5-7)20-12(14-8)13(17)19-2/h7H,3-6H2,1-2H3. The number of methoxy groups -OCH3 is 2. The Balaban J connectivity index is 2.07. The zero-order chi connectivity index (χ0) is 14.7. The van der Waals surface area contributed by atoms with Crippen LogP contribution in [0.15, 0.2) is 4.42 Å². The van der Waals surface area contributed by atoms with Crippen molar-refractivity contribution in [1.29, 1.82) is 0 Å². The maximum atomic E-state index is 11.9. The molecule has 20 heavy (non-hydrogen) atoms. The Labute approximate surface area is 115 Å². The quantitative estimate of drug-likeness (QED) is 0.592. The van der Waals surface area contributed by atoms with Crippen LogP contribution in [0.25, 0.3) is 0 Å². The first-order valence-corrected chi connectivity index (χ1v) is 6.21. The van der Waals surface area contributed by atoms with Crippen molar-refractivity contribution in [1.82, 2.24) is 4.98 Å². The van der Waals surface area contributed by atoms with Gasteiger partial charge in [-0.2, -0.15) is 0 Å². The Bertz CT molecular complexity index is 547. The van der Waals surface area contributed by atoms with Gasteiger partial charge in [0.05, 0.1) is 19.9 Å². The van der Waals surface area contributed by atoms with Crippen LogP contribution in [0.1, 0.15) is 35.0 Å². The van der Waals surface area contributed by atoms with Crippen LogP contribution in [0.4, 0.5) is 0 Å². The van der Waals surface area contributed by atoms with E-state index in [0.717, 1.165) is 0 Å². The van der Waals surface area contributed by atoms with Crippen molar-refractivity contribution in [3.05, 3.63) is 17.3 Å². The van der Waals surface area contributed by atoms with Crippen molar-refractivity contribution < 1.29 is 28.3 Å². The van der Waals surface area contributed by atoms with E-state index in [9.17, 15) is 14.4 Å². The summed E-state index contributed by atoms with van der Waals surface area (Å²) >= 11 is 0. The van der Waals surface area contributed by atoms with E-state index in [2.05, 4.69) is 14.5 Å². The molecule has 0 aromatic carbocycles. The molecule has 0 N–H and O–H groups in total. The van der Waals surface area contributed by atoms with Crippen molar-refractivity contribution >= 4 is 17.7 Å². The second kappa shape index (κ2) is 5.85. The summed E-state index contributed by atoms with van der Waals surface area (Å²) in [6.07, 6.45) is 1.22. The molecule has 7 nitrogen and oxygen atoms in total. The lowest BCUT2D eigenvalue weighted by molar-refractivity contribution is -0.144. The Kier molecular flexibility index (Phi) is 4.16. The zero-order valence-electron chi connectivity index (χ0n) is 11.3. The Hall–Kier alpha value is -2.18. The number of aryl methyl sites for hydroxylation is 1. The van der Waals surface area contributed by atoms with Crippen molar-refractivity contribution in [2.24, 2.45) is 5.92 Å². The van der Waals surface area contributed by atoms with Crippen LogP contribution in [0.3, 0.4) is 0 Å². The lowest BCUT2D eigenvalue weighted by Crippen LogP contribution is -2.24. The Morgan fingerprint density at radius 3 is 2.70 bits per heavy atom. The number of carbonyl (C=O) groups is 3. The van der Waals surface area contributed by atoms with Gasteiger partial charge in [-0.05, 0) is 12.8 Å². The molecule has 2 rings (SSSR count). The molecular formula is C13H15NO6. The molecule has 0 radical (unpaired) electrons. The highest BCUT2D eigenvalue weighted by atomic mass is 16.5. The maximum Gasteiger partial charge on any atom is 0.394 e. The molecule has 0 amide bonds. The van der Waals surface area contributed by atoms with Gasteiger partial charge in [-0.3, -0.25) is 9.59 Å². The van der Waals surface area contributed by atoms with Gasteiger partial charge in [0.1, 0.15) is 18.0 Å². The second-order valence-electron chi connectivity index (χ2n) is 4.54. The number of aromatic nitrogens is 1. The first kappa shape index (κ1) is 14.2. The fourth-order valence-electron chi connectivity index (χ4n) is 2.18. The van der Waals surface area contributed by atoms with Gasteiger partial charge < -0.3 is 13.9 Å². The van der Waals surface area contributed by atoms with Crippen LogP contribution >= 0.6 is 0 Å². The van der Waals surface area contributed by atoms with Crippen LogP contribution in [0.2, 0.25) is 0 Å². The van der Waals surface area contributed by atoms with E-state index in [-0.39, 0.29) is 24.0 Å². The average molecular weight is 281 g/mol. The Morgan fingerprint density at radius 1 is 1.30 bits per heavy atom. The first-order chi connectivity index (χ1) is 9.55. The monoisotopic (exact) mass is 281 g/mol.